The van der Waals surface area contributed by atoms with Crippen LogP contribution in [-0.4, -0.2) is 34.8 Å². The van der Waals surface area contributed by atoms with E-state index in [1.807, 2.05) is 45.0 Å². The molecule has 0 radical (unpaired) electrons. The monoisotopic (exact) mass is 452 g/mol. The molecule has 2 amide bonds. The Hall–Kier alpha value is -3.46. The molecule has 3 aromatic rings. The van der Waals surface area contributed by atoms with E-state index in [9.17, 15) is 9.59 Å². The summed E-state index contributed by atoms with van der Waals surface area (Å²) < 4.78 is 10.6. The number of fused-ring (bicyclic) bond motifs is 1. The molecule has 2 N–H and O–H groups in total. The molecule has 0 saturated carbocycles. The average molecular weight is 453 g/mol. The first-order chi connectivity index (χ1) is 15.4. The molecule has 9 heteroatoms. The van der Waals surface area contributed by atoms with E-state index in [-0.39, 0.29) is 24.5 Å². The zero-order valence-corrected chi connectivity index (χ0v) is 18.9. The highest BCUT2D eigenvalue weighted by atomic mass is 32.1. The van der Waals surface area contributed by atoms with Gasteiger partial charge in [0.25, 0.3) is 5.91 Å². The van der Waals surface area contributed by atoms with Gasteiger partial charge in [-0.1, -0.05) is 55.4 Å². The quantitative estimate of drug-likeness (QED) is 0.561. The summed E-state index contributed by atoms with van der Waals surface area (Å²) in [5.74, 6) is 0.331. The number of ether oxygens (including phenoxy) is 2. The fraction of sp³-hybridized carbons (Fsp3) is 0.304. The molecular formula is C23H24N4O4S. The molecule has 1 aliphatic heterocycles. The van der Waals surface area contributed by atoms with Crippen LogP contribution in [0.3, 0.4) is 0 Å². The van der Waals surface area contributed by atoms with Crippen molar-refractivity contribution in [2.75, 3.05) is 12.1 Å². The molecule has 4 rings (SSSR count). The number of carbonyl (C=O) groups is 2. The molecule has 0 saturated heterocycles. The second kappa shape index (κ2) is 9.35. The van der Waals surface area contributed by atoms with Crippen molar-refractivity contribution in [3.63, 3.8) is 0 Å². The Balaban J connectivity index is 1.47. The van der Waals surface area contributed by atoms with Crippen molar-refractivity contribution >= 4 is 28.3 Å². The van der Waals surface area contributed by atoms with Gasteiger partial charge < -0.3 is 14.8 Å². The summed E-state index contributed by atoms with van der Waals surface area (Å²) in [7, 11) is 0. The summed E-state index contributed by atoms with van der Waals surface area (Å²) in [6.07, 6.45) is 0.712. The number of aromatic nitrogens is 2. The van der Waals surface area contributed by atoms with Gasteiger partial charge in [-0.15, -0.1) is 10.2 Å². The minimum absolute atomic E-state index is 0.0860. The lowest BCUT2D eigenvalue weighted by Gasteiger charge is -2.23. The molecule has 0 fully saturated rings. The van der Waals surface area contributed by atoms with Crippen LogP contribution >= 0.6 is 11.3 Å². The van der Waals surface area contributed by atoms with Gasteiger partial charge in [0.1, 0.15) is 11.0 Å². The number of amides is 2. The number of carbonyl (C=O) groups excluding carboxylic acids is 2. The van der Waals surface area contributed by atoms with Crippen LogP contribution in [0, 0.1) is 12.8 Å². The van der Waals surface area contributed by atoms with E-state index >= 15 is 0 Å². The molecule has 1 aliphatic rings. The van der Waals surface area contributed by atoms with E-state index in [0.29, 0.717) is 33.6 Å². The lowest BCUT2D eigenvalue weighted by molar-refractivity contribution is -0.119. The Morgan fingerprint density at radius 1 is 1.12 bits per heavy atom. The van der Waals surface area contributed by atoms with Gasteiger partial charge in [-0.05, 0) is 37.1 Å². The van der Waals surface area contributed by atoms with E-state index in [2.05, 4.69) is 20.8 Å². The van der Waals surface area contributed by atoms with Gasteiger partial charge in [0.15, 0.2) is 11.5 Å². The normalized spacial score (nSPS) is 14.0. The number of benzene rings is 2. The predicted molar refractivity (Wildman–Crippen MR) is 122 cm³/mol. The number of hydrogen-bond acceptors (Lipinski definition) is 7. The van der Waals surface area contributed by atoms with E-state index < -0.39 is 6.04 Å². The predicted octanol–water partition coefficient (Wildman–Crippen LogP) is 4.03. The van der Waals surface area contributed by atoms with Crippen molar-refractivity contribution in [2.45, 2.75) is 33.2 Å². The van der Waals surface area contributed by atoms with Crippen LogP contribution in [0.4, 0.5) is 5.13 Å². The third-order valence-corrected chi connectivity index (χ3v) is 6.22. The number of nitrogens with zero attached hydrogens (tertiary/aromatic N) is 2. The first kappa shape index (κ1) is 21.8. The maximum Gasteiger partial charge on any atom is 0.252 e. The van der Waals surface area contributed by atoms with Gasteiger partial charge >= 0.3 is 0 Å². The van der Waals surface area contributed by atoms with Crippen molar-refractivity contribution in [3.8, 4) is 22.1 Å². The summed E-state index contributed by atoms with van der Waals surface area (Å²) in [6.45, 7) is 6.03. The Morgan fingerprint density at radius 2 is 1.94 bits per heavy atom. The molecule has 8 nitrogen and oxygen atoms in total. The molecule has 0 aliphatic carbocycles. The van der Waals surface area contributed by atoms with Crippen LogP contribution in [0.5, 0.6) is 11.5 Å². The lowest BCUT2D eigenvalue weighted by Crippen LogP contribution is -2.47. The number of hydrogen-bond donors (Lipinski definition) is 2. The first-order valence-electron chi connectivity index (χ1n) is 10.4. The molecule has 2 heterocycles. The maximum absolute atomic E-state index is 13.0. The standard InChI is InChI=1S/C23H24N4O4S/c1-4-14(3)19(24-20(28)15-8-9-17-18(11-15)31-12-30-17)21(29)25-23-27-26-22(32-23)16-7-5-6-13(2)10-16/h5-11,14,19H,4,12H2,1-3H3,(H,24,28)(H,25,27,29). The van der Waals surface area contributed by atoms with Gasteiger partial charge in [-0.3, -0.25) is 14.9 Å². The maximum atomic E-state index is 13.0. The van der Waals surface area contributed by atoms with Gasteiger partial charge in [0.2, 0.25) is 17.8 Å². The molecule has 32 heavy (non-hydrogen) atoms. The Morgan fingerprint density at radius 3 is 2.72 bits per heavy atom. The smallest absolute Gasteiger partial charge is 0.252 e. The molecule has 166 valence electrons. The summed E-state index contributed by atoms with van der Waals surface area (Å²) in [4.78, 5) is 25.9. The zero-order valence-electron chi connectivity index (χ0n) is 18.0. The zero-order chi connectivity index (χ0) is 22.7. The van der Waals surface area contributed by atoms with Crippen molar-refractivity contribution in [1.82, 2.24) is 15.5 Å². The van der Waals surface area contributed by atoms with E-state index in [0.717, 1.165) is 11.1 Å². The van der Waals surface area contributed by atoms with Crippen LogP contribution in [0.2, 0.25) is 0 Å². The van der Waals surface area contributed by atoms with Crippen LogP contribution in [-0.2, 0) is 4.79 Å². The fourth-order valence-electron chi connectivity index (χ4n) is 3.32. The van der Waals surface area contributed by atoms with Crippen molar-refractivity contribution in [2.24, 2.45) is 5.92 Å². The van der Waals surface area contributed by atoms with Gasteiger partial charge in [0, 0.05) is 11.1 Å². The second-order valence-electron chi connectivity index (χ2n) is 7.68. The highest BCUT2D eigenvalue weighted by Gasteiger charge is 2.28. The summed E-state index contributed by atoms with van der Waals surface area (Å²) in [5, 5.41) is 15.0. The Labute approximate surface area is 190 Å². The molecule has 1 aromatic heterocycles. The van der Waals surface area contributed by atoms with Crippen LogP contribution in [0.15, 0.2) is 42.5 Å². The molecule has 2 aromatic carbocycles. The number of anilines is 1. The van der Waals surface area contributed by atoms with Gasteiger partial charge in [-0.25, -0.2) is 0 Å². The molecule has 2 unspecified atom stereocenters. The van der Waals surface area contributed by atoms with Crippen molar-refractivity contribution < 1.29 is 19.1 Å². The number of rotatable bonds is 7. The first-order valence-corrected chi connectivity index (χ1v) is 11.2. The summed E-state index contributed by atoms with van der Waals surface area (Å²) in [5.41, 5.74) is 2.46. The number of nitrogens with one attached hydrogen (secondary N) is 2. The Bertz CT molecular complexity index is 1150. The third kappa shape index (κ3) is 4.72. The van der Waals surface area contributed by atoms with Crippen LogP contribution in [0.1, 0.15) is 36.2 Å². The Kier molecular flexibility index (Phi) is 6.36. The molecular weight excluding hydrogens is 428 g/mol. The highest BCUT2D eigenvalue weighted by molar-refractivity contribution is 7.18. The lowest BCUT2D eigenvalue weighted by atomic mass is 9.98. The summed E-state index contributed by atoms with van der Waals surface area (Å²) >= 11 is 1.29. The average Bonchev–Trinajstić information content (AvgIpc) is 3.45. The molecule has 0 bridgehead atoms. The summed E-state index contributed by atoms with van der Waals surface area (Å²) in [6, 6.07) is 12.1. The van der Waals surface area contributed by atoms with E-state index in [1.165, 1.54) is 11.3 Å². The van der Waals surface area contributed by atoms with Gasteiger partial charge in [-0.2, -0.15) is 0 Å². The highest BCUT2D eigenvalue weighted by Crippen LogP contribution is 2.32. The fourth-order valence-corrected chi connectivity index (χ4v) is 4.06. The topological polar surface area (TPSA) is 102 Å². The van der Waals surface area contributed by atoms with Crippen LogP contribution in [0.25, 0.3) is 10.6 Å². The van der Waals surface area contributed by atoms with Crippen molar-refractivity contribution in [3.05, 3.63) is 53.6 Å². The van der Waals surface area contributed by atoms with Crippen LogP contribution < -0.4 is 20.1 Å². The largest absolute Gasteiger partial charge is 0.454 e. The van der Waals surface area contributed by atoms with Crippen molar-refractivity contribution in [1.29, 1.82) is 0 Å². The van der Waals surface area contributed by atoms with E-state index in [1.54, 1.807) is 18.2 Å². The molecule has 2 atom stereocenters. The number of aryl methyl sites for hydroxylation is 1. The molecule has 0 spiro atoms. The third-order valence-electron chi connectivity index (χ3n) is 5.34. The minimum atomic E-state index is -0.732. The van der Waals surface area contributed by atoms with Gasteiger partial charge in [0.05, 0.1) is 0 Å². The SMILES string of the molecule is CCC(C)C(NC(=O)c1ccc2c(c1)OCO2)C(=O)Nc1nnc(-c2cccc(C)c2)s1. The minimum Gasteiger partial charge on any atom is -0.454 e. The van der Waals surface area contributed by atoms with E-state index in [4.69, 9.17) is 9.47 Å². The second-order valence-corrected chi connectivity index (χ2v) is 8.65.